The number of carbonyl (C=O) groups is 2. The van der Waals surface area contributed by atoms with Crippen LogP contribution >= 0.6 is 23.1 Å². The van der Waals surface area contributed by atoms with Crippen LogP contribution in [0.1, 0.15) is 33.0 Å². The average Bonchev–Trinajstić information content (AvgIpc) is 3.42. The summed E-state index contributed by atoms with van der Waals surface area (Å²) in [5.74, 6) is -2.42. The number of aryl methyl sites for hydroxylation is 1. The Kier molecular flexibility index (Phi) is 6.58. The lowest BCUT2D eigenvalue weighted by molar-refractivity contribution is -0.137. The lowest BCUT2D eigenvalue weighted by Gasteiger charge is -2.30. The summed E-state index contributed by atoms with van der Waals surface area (Å²) in [6.07, 6.45) is -4.64. The number of benzene rings is 3. The maximum atomic E-state index is 13.9. The fraction of sp³-hybridized carbons (Fsp3) is 0.207. The Morgan fingerprint density at radius 1 is 0.950 bits per heavy atom. The molecule has 4 aromatic rings. The molecule has 0 saturated carbocycles. The fourth-order valence-corrected chi connectivity index (χ4v) is 7.73. The largest absolute Gasteiger partial charge is 0.489 e. The number of imide groups is 1. The molecule has 1 saturated heterocycles. The van der Waals surface area contributed by atoms with Gasteiger partial charge in [-0.05, 0) is 42.3 Å². The zero-order valence-corrected chi connectivity index (χ0v) is 22.5. The van der Waals surface area contributed by atoms with E-state index in [4.69, 9.17) is 4.74 Å². The van der Waals surface area contributed by atoms with Crippen molar-refractivity contribution in [2.45, 2.75) is 35.9 Å². The molecule has 1 aromatic heterocycles. The van der Waals surface area contributed by atoms with E-state index in [-0.39, 0.29) is 17.2 Å². The van der Waals surface area contributed by atoms with Gasteiger partial charge in [0, 0.05) is 16.4 Å². The van der Waals surface area contributed by atoms with E-state index in [2.05, 4.69) is 4.98 Å². The number of hydrogen-bond acceptors (Lipinski definition) is 6. The van der Waals surface area contributed by atoms with E-state index in [1.165, 1.54) is 12.1 Å². The Morgan fingerprint density at radius 3 is 2.48 bits per heavy atom. The van der Waals surface area contributed by atoms with Gasteiger partial charge in [0.15, 0.2) is 0 Å². The second kappa shape index (κ2) is 9.97. The number of alkyl halides is 3. The maximum absolute atomic E-state index is 13.9. The second-order valence-corrected chi connectivity index (χ2v) is 11.7. The summed E-state index contributed by atoms with van der Waals surface area (Å²) in [4.78, 5) is 43.8. The standard InChI is InChI=1S/C29H21F3N2O4S2/c1-15-7-2-3-8-16(15)14-38-20-12-5-4-11-19(20)21-22-24(39-25-23(21)40-28(37)33-25)27(36)34(26(22)35)18-10-6-9-17(13-18)29(30,31)32/h2-13,21-22,24H,14H2,1H3,(H,33,37)/t21-,22-,24+/m0/s1. The Hall–Kier alpha value is -3.83. The molecule has 0 aliphatic carbocycles. The highest BCUT2D eigenvalue weighted by Gasteiger charge is 2.57. The number of para-hydroxylation sites is 1. The lowest BCUT2D eigenvalue weighted by atomic mass is 9.82. The van der Waals surface area contributed by atoms with E-state index in [1.807, 2.05) is 31.2 Å². The summed E-state index contributed by atoms with van der Waals surface area (Å²) < 4.78 is 46.5. The Bertz CT molecular complexity index is 1700. The van der Waals surface area contributed by atoms with E-state index in [0.717, 1.165) is 51.3 Å². The first-order valence-corrected chi connectivity index (χ1v) is 14.0. The van der Waals surface area contributed by atoms with Crippen molar-refractivity contribution in [2.75, 3.05) is 4.90 Å². The van der Waals surface area contributed by atoms with E-state index >= 15 is 0 Å². The number of halogens is 3. The van der Waals surface area contributed by atoms with Gasteiger partial charge in [0.1, 0.15) is 17.6 Å². The number of thiazole rings is 1. The van der Waals surface area contributed by atoms with Crippen molar-refractivity contribution in [2.24, 2.45) is 5.92 Å². The van der Waals surface area contributed by atoms with Crippen LogP contribution < -0.4 is 14.5 Å². The minimum absolute atomic E-state index is 0.139. The van der Waals surface area contributed by atoms with Crippen LogP contribution in [0.15, 0.2) is 82.6 Å². The molecular formula is C29H21F3N2O4S2. The SMILES string of the molecule is Cc1ccccc1COc1ccccc1[C@@H]1c2sc(=O)[nH]c2S[C@H]2C(=O)N(c3cccc(C(F)(F)F)c3)C(=O)[C@@H]12. The van der Waals surface area contributed by atoms with Gasteiger partial charge in [-0.25, -0.2) is 4.90 Å². The van der Waals surface area contributed by atoms with E-state index in [9.17, 15) is 27.6 Å². The highest BCUT2D eigenvalue weighted by atomic mass is 32.2. The van der Waals surface area contributed by atoms with Crippen molar-refractivity contribution < 1.29 is 27.5 Å². The van der Waals surface area contributed by atoms with Crippen LogP contribution in [0.25, 0.3) is 0 Å². The topological polar surface area (TPSA) is 79.5 Å². The molecule has 2 aliphatic rings. The van der Waals surface area contributed by atoms with E-state index < -0.39 is 40.6 Å². The Morgan fingerprint density at radius 2 is 1.70 bits per heavy atom. The molecule has 6 nitrogen and oxygen atoms in total. The summed E-state index contributed by atoms with van der Waals surface area (Å²) in [5, 5.41) is -0.462. The summed E-state index contributed by atoms with van der Waals surface area (Å²) >= 11 is 2.02. The number of hydrogen-bond donors (Lipinski definition) is 1. The summed E-state index contributed by atoms with van der Waals surface area (Å²) in [5.41, 5.74) is 1.55. The number of aromatic amines is 1. The van der Waals surface area contributed by atoms with Crippen molar-refractivity contribution >= 4 is 40.6 Å². The molecule has 11 heteroatoms. The van der Waals surface area contributed by atoms with Gasteiger partial charge in [0.2, 0.25) is 11.8 Å². The van der Waals surface area contributed by atoms with Crippen LogP contribution in [0.5, 0.6) is 5.75 Å². The molecule has 204 valence electrons. The van der Waals surface area contributed by atoms with Crippen molar-refractivity contribution in [3.63, 3.8) is 0 Å². The van der Waals surface area contributed by atoms with Crippen molar-refractivity contribution in [3.05, 3.63) is 110 Å². The van der Waals surface area contributed by atoms with Crippen molar-refractivity contribution in [1.29, 1.82) is 0 Å². The van der Waals surface area contributed by atoms with Crippen LogP contribution in [0.3, 0.4) is 0 Å². The van der Waals surface area contributed by atoms with Crippen LogP contribution in [0, 0.1) is 12.8 Å². The molecule has 0 spiro atoms. The van der Waals surface area contributed by atoms with E-state index in [1.54, 1.807) is 24.3 Å². The molecule has 1 fully saturated rings. The third-order valence-corrected chi connectivity index (χ3v) is 9.56. The number of ether oxygens (including phenoxy) is 1. The van der Waals surface area contributed by atoms with Crippen LogP contribution in [-0.2, 0) is 22.4 Å². The number of aromatic nitrogens is 1. The lowest BCUT2D eigenvalue weighted by Crippen LogP contribution is -2.32. The third-order valence-electron chi connectivity index (χ3n) is 7.15. The number of nitrogens with zero attached hydrogens (tertiary/aromatic N) is 1. The van der Waals surface area contributed by atoms with Crippen LogP contribution in [-0.4, -0.2) is 22.0 Å². The summed E-state index contributed by atoms with van der Waals surface area (Å²) in [6.45, 7) is 2.24. The predicted octanol–water partition coefficient (Wildman–Crippen LogP) is 6.14. The van der Waals surface area contributed by atoms with Gasteiger partial charge in [-0.15, -0.1) is 0 Å². The molecule has 40 heavy (non-hydrogen) atoms. The van der Waals surface area contributed by atoms with Gasteiger partial charge in [0.25, 0.3) is 0 Å². The molecule has 1 N–H and O–H groups in total. The van der Waals surface area contributed by atoms with Gasteiger partial charge >= 0.3 is 11.0 Å². The highest BCUT2D eigenvalue weighted by molar-refractivity contribution is 8.00. The summed E-state index contributed by atoms with van der Waals surface area (Å²) in [7, 11) is 0. The molecule has 0 unspecified atom stereocenters. The van der Waals surface area contributed by atoms with Crippen LogP contribution in [0.2, 0.25) is 0 Å². The second-order valence-electron chi connectivity index (χ2n) is 9.56. The van der Waals surface area contributed by atoms with Gasteiger partial charge in [0.05, 0.1) is 22.2 Å². The smallest absolute Gasteiger partial charge is 0.416 e. The number of thioether (sulfide) groups is 1. The highest BCUT2D eigenvalue weighted by Crippen LogP contribution is 2.54. The normalized spacial score (nSPS) is 20.4. The Balaban J connectivity index is 1.42. The van der Waals surface area contributed by atoms with Crippen LogP contribution in [0.4, 0.5) is 18.9 Å². The number of fused-ring (bicyclic) bond motifs is 2. The minimum Gasteiger partial charge on any atom is -0.489 e. The van der Waals surface area contributed by atoms with Gasteiger partial charge in [-0.3, -0.25) is 14.4 Å². The molecule has 3 heterocycles. The molecule has 2 aliphatic heterocycles. The molecule has 0 bridgehead atoms. The first-order chi connectivity index (χ1) is 19.1. The quantitative estimate of drug-likeness (QED) is 0.286. The minimum atomic E-state index is -4.64. The predicted molar refractivity (Wildman–Crippen MR) is 146 cm³/mol. The number of rotatable bonds is 5. The first-order valence-electron chi connectivity index (χ1n) is 12.3. The number of anilines is 1. The molecule has 3 atom stereocenters. The number of nitrogens with one attached hydrogen (secondary N) is 1. The average molecular weight is 583 g/mol. The summed E-state index contributed by atoms with van der Waals surface area (Å²) in [6, 6.07) is 19.1. The molecular weight excluding hydrogens is 561 g/mol. The molecule has 2 amide bonds. The fourth-order valence-electron chi connectivity index (χ4n) is 5.22. The zero-order valence-electron chi connectivity index (χ0n) is 20.9. The third kappa shape index (κ3) is 4.52. The molecule has 0 radical (unpaired) electrons. The maximum Gasteiger partial charge on any atom is 0.416 e. The van der Waals surface area contributed by atoms with Gasteiger partial charge in [-0.1, -0.05) is 71.6 Å². The first kappa shape index (κ1) is 26.4. The Labute approximate surface area is 234 Å². The van der Waals surface area contributed by atoms with Gasteiger partial charge in [-0.2, -0.15) is 13.2 Å². The number of H-pyrrole nitrogens is 1. The van der Waals surface area contributed by atoms with Crippen molar-refractivity contribution in [1.82, 2.24) is 4.98 Å². The van der Waals surface area contributed by atoms with Crippen molar-refractivity contribution in [3.8, 4) is 5.75 Å². The van der Waals surface area contributed by atoms with E-state index in [0.29, 0.717) is 21.2 Å². The molecule has 6 rings (SSSR count). The van der Waals surface area contributed by atoms with Gasteiger partial charge < -0.3 is 9.72 Å². The monoisotopic (exact) mass is 582 g/mol. The number of carbonyl (C=O) groups excluding carboxylic acids is 2. The molecule has 3 aromatic carbocycles. The number of amides is 2. The zero-order chi connectivity index (χ0) is 28.2.